The first-order valence-corrected chi connectivity index (χ1v) is 3.63. The highest BCUT2D eigenvalue weighted by molar-refractivity contribution is 8.17. The van der Waals surface area contributed by atoms with Crippen LogP contribution in [0.1, 0.15) is 0 Å². The molecule has 3 nitrogen and oxygen atoms in total. The maximum absolute atomic E-state index is 10.5. The Morgan fingerprint density at radius 2 is 2.56 bits per heavy atom. The summed E-state index contributed by atoms with van der Waals surface area (Å²) in [5.74, 6) is 0.285. The van der Waals surface area contributed by atoms with E-state index in [1.165, 1.54) is 0 Å². The Balaban J connectivity index is 3.62. The first kappa shape index (κ1) is 8.82. The zero-order chi connectivity index (χ0) is 7.28. The molecule has 0 aromatic rings. The lowest BCUT2D eigenvalue weighted by Crippen LogP contribution is -2.29. The standard InChI is InChI=1S/C4H6N2OS2/c5-2-9-4(7)3(6)1-8/h3,8H,1,6H2/t3-/m0/s1. The van der Waals surface area contributed by atoms with Gasteiger partial charge in [-0.05, 0) is 0 Å². The maximum atomic E-state index is 10.5. The molecule has 1 atom stereocenters. The van der Waals surface area contributed by atoms with Crippen LogP contribution >= 0.6 is 24.4 Å². The van der Waals surface area contributed by atoms with Gasteiger partial charge in [-0.1, -0.05) is 0 Å². The Morgan fingerprint density at radius 3 is 2.89 bits per heavy atom. The maximum Gasteiger partial charge on any atom is 0.220 e. The Hall–Kier alpha value is -0.180. The number of nitriles is 1. The van der Waals surface area contributed by atoms with Crippen molar-refractivity contribution in [3.63, 3.8) is 0 Å². The summed E-state index contributed by atoms with van der Waals surface area (Å²) in [5, 5.41) is 9.30. The molecule has 9 heavy (non-hydrogen) atoms. The van der Waals surface area contributed by atoms with Crippen molar-refractivity contribution in [3.8, 4) is 5.40 Å². The molecule has 5 heteroatoms. The SMILES string of the molecule is N#CSC(=O)[C@@H](N)CS. The molecule has 2 N–H and O–H groups in total. The van der Waals surface area contributed by atoms with Gasteiger partial charge in [0.05, 0.1) is 6.04 Å². The summed E-state index contributed by atoms with van der Waals surface area (Å²) >= 11 is 4.34. The van der Waals surface area contributed by atoms with Gasteiger partial charge in [-0.15, -0.1) is 0 Å². The summed E-state index contributed by atoms with van der Waals surface area (Å²) in [6.45, 7) is 0. The van der Waals surface area contributed by atoms with Crippen molar-refractivity contribution in [2.45, 2.75) is 6.04 Å². The third-order valence-electron chi connectivity index (χ3n) is 0.646. The van der Waals surface area contributed by atoms with Gasteiger partial charge in [0.1, 0.15) is 5.40 Å². The lowest BCUT2D eigenvalue weighted by Gasteiger charge is -1.99. The van der Waals surface area contributed by atoms with Crippen LogP contribution in [0.3, 0.4) is 0 Å². The fourth-order valence-electron chi connectivity index (χ4n) is 0.195. The quantitative estimate of drug-likeness (QED) is 0.442. The van der Waals surface area contributed by atoms with Crippen molar-refractivity contribution in [2.24, 2.45) is 5.73 Å². The normalized spacial score (nSPS) is 12.1. The molecule has 0 saturated carbocycles. The minimum absolute atomic E-state index is 0.285. The smallest absolute Gasteiger partial charge is 0.220 e. The van der Waals surface area contributed by atoms with Gasteiger partial charge in [0.15, 0.2) is 0 Å². The molecule has 0 amide bonds. The molecule has 0 aliphatic carbocycles. The summed E-state index contributed by atoms with van der Waals surface area (Å²) in [5.41, 5.74) is 5.20. The summed E-state index contributed by atoms with van der Waals surface area (Å²) in [6, 6.07) is -0.613. The molecular formula is C4H6N2OS2. The highest BCUT2D eigenvalue weighted by Crippen LogP contribution is 2.01. The van der Waals surface area contributed by atoms with Crippen LogP contribution in [0, 0.1) is 10.7 Å². The molecule has 50 valence electrons. The molecular weight excluding hydrogens is 156 g/mol. The van der Waals surface area contributed by atoms with Crippen molar-refractivity contribution >= 4 is 29.5 Å². The van der Waals surface area contributed by atoms with Gasteiger partial charge in [0, 0.05) is 17.5 Å². The highest BCUT2D eigenvalue weighted by atomic mass is 32.2. The molecule has 0 spiro atoms. The third-order valence-corrected chi connectivity index (χ3v) is 1.63. The van der Waals surface area contributed by atoms with E-state index in [4.69, 9.17) is 11.0 Å². The average molecular weight is 162 g/mol. The van der Waals surface area contributed by atoms with Crippen LogP contribution in [-0.2, 0) is 4.79 Å². The van der Waals surface area contributed by atoms with E-state index in [-0.39, 0.29) is 10.9 Å². The second-order valence-electron chi connectivity index (χ2n) is 1.30. The van der Waals surface area contributed by atoms with E-state index in [0.29, 0.717) is 11.8 Å². The third kappa shape index (κ3) is 3.40. The number of hydrogen-bond donors (Lipinski definition) is 2. The van der Waals surface area contributed by atoms with Crippen molar-refractivity contribution in [1.82, 2.24) is 0 Å². The summed E-state index contributed by atoms with van der Waals surface area (Å²) in [7, 11) is 0. The first-order chi connectivity index (χ1) is 4.22. The number of thioether (sulfide) groups is 1. The monoisotopic (exact) mass is 162 g/mol. The topological polar surface area (TPSA) is 66.9 Å². The number of carbonyl (C=O) groups excluding carboxylic acids is 1. The molecule has 0 fully saturated rings. The molecule has 0 rings (SSSR count). The molecule has 0 aliphatic heterocycles. The number of thiol groups is 1. The second kappa shape index (κ2) is 4.68. The summed E-state index contributed by atoms with van der Waals surface area (Å²) in [4.78, 5) is 10.5. The van der Waals surface area contributed by atoms with Crippen LogP contribution in [0.15, 0.2) is 0 Å². The van der Waals surface area contributed by atoms with Gasteiger partial charge in [-0.2, -0.15) is 17.9 Å². The molecule has 0 radical (unpaired) electrons. The molecule has 0 heterocycles. The molecule has 0 aromatic heterocycles. The minimum atomic E-state index is -0.613. The largest absolute Gasteiger partial charge is 0.320 e. The fourth-order valence-corrected chi connectivity index (χ4v) is 0.809. The number of rotatable bonds is 2. The number of hydrogen-bond acceptors (Lipinski definition) is 5. The van der Waals surface area contributed by atoms with Crippen LogP contribution in [-0.4, -0.2) is 16.9 Å². The fraction of sp³-hybridized carbons (Fsp3) is 0.500. The van der Waals surface area contributed by atoms with E-state index in [1.807, 2.05) is 0 Å². The Bertz CT molecular complexity index is 142. The molecule has 0 bridgehead atoms. The van der Waals surface area contributed by atoms with E-state index >= 15 is 0 Å². The van der Waals surface area contributed by atoms with Crippen molar-refractivity contribution < 1.29 is 4.79 Å². The predicted octanol–water partition coefficient (Wildman–Crippen LogP) is -0.0156. The number of thiocyanates is 1. The molecule has 0 aromatic carbocycles. The zero-order valence-corrected chi connectivity index (χ0v) is 6.28. The van der Waals surface area contributed by atoms with E-state index in [1.54, 1.807) is 5.40 Å². The molecule has 0 saturated heterocycles. The van der Waals surface area contributed by atoms with Crippen molar-refractivity contribution in [3.05, 3.63) is 0 Å². The number of carbonyl (C=O) groups is 1. The number of nitrogens with two attached hydrogens (primary N) is 1. The average Bonchev–Trinajstić information content (AvgIpc) is 1.87. The van der Waals surface area contributed by atoms with Gasteiger partial charge in [-0.3, -0.25) is 4.79 Å². The van der Waals surface area contributed by atoms with Gasteiger partial charge in [0.25, 0.3) is 0 Å². The minimum Gasteiger partial charge on any atom is -0.320 e. The van der Waals surface area contributed by atoms with Crippen LogP contribution in [0.4, 0.5) is 0 Å². The van der Waals surface area contributed by atoms with Gasteiger partial charge >= 0.3 is 0 Å². The van der Waals surface area contributed by atoms with Gasteiger partial charge < -0.3 is 5.73 Å². The van der Waals surface area contributed by atoms with Crippen LogP contribution < -0.4 is 5.73 Å². The summed E-state index contributed by atoms with van der Waals surface area (Å²) in [6.07, 6.45) is 0. The van der Waals surface area contributed by atoms with E-state index < -0.39 is 6.04 Å². The van der Waals surface area contributed by atoms with E-state index in [9.17, 15) is 4.79 Å². The Labute approximate surface area is 63.0 Å². The Morgan fingerprint density at radius 1 is 2.00 bits per heavy atom. The van der Waals surface area contributed by atoms with Crippen LogP contribution in [0.5, 0.6) is 0 Å². The van der Waals surface area contributed by atoms with Crippen molar-refractivity contribution in [1.29, 1.82) is 5.26 Å². The summed E-state index contributed by atoms with van der Waals surface area (Å²) < 4.78 is 0. The lowest BCUT2D eigenvalue weighted by atomic mass is 10.4. The van der Waals surface area contributed by atoms with Crippen molar-refractivity contribution in [2.75, 3.05) is 5.75 Å². The predicted molar refractivity (Wildman–Crippen MR) is 40.0 cm³/mol. The first-order valence-electron chi connectivity index (χ1n) is 2.18. The molecule has 0 aliphatic rings. The van der Waals surface area contributed by atoms with Crippen LogP contribution in [0.25, 0.3) is 0 Å². The van der Waals surface area contributed by atoms with Gasteiger partial charge in [-0.25, -0.2) is 0 Å². The van der Waals surface area contributed by atoms with Gasteiger partial charge in [0.2, 0.25) is 5.12 Å². The Kier molecular flexibility index (Phi) is 4.58. The zero-order valence-electron chi connectivity index (χ0n) is 4.57. The number of nitrogens with zero attached hydrogens (tertiary/aromatic N) is 1. The molecule has 0 unspecified atom stereocenters. The van der Waals surface area contributed by atoms with E-state index in [2.05, 4.69) is 12.6 Å². The van der Waals surface area contributed by atoms with E-state index in [0.717, 1.165) is 0 Å². The van der Waals surface area contributed by atoms with Crippen LogP contribution in [0.2, 0.25) is 0 Å². The lowest BCUT2D eigenvalue weighted by molar-refractivity contribution is -0.111. The second-order valence-corrected chi connectivity index (χ2v) is 2.46. The highest BCUT2D eigenvalue weighted by Gasteiger charge is 2.10.